The first kappa shape index (κ1) is 15.5. The predicted octanol–water partition coefficient (Wildman–Crippen LogP) is 3.53. The van der Waals surface area contributed by atoms with Crippen LogP contribution in [0.15, 0.2) is 34.1 Å². The molecule has 110 valence electrons. The number of nitrogens with one attached hydrogen (secondary N) is 1. The Kier molecular flexibility index (Phi) is 4.98. The Bertz CT molecular complexity index is 683. The number of carboxylic acid groups (broad SMARTS) is 1. The molecular weight excluding hydrogens is 358 g/mol. The molecule has 0 fully saturated rings. The molecule has 0 spiro atoms. The van der Waals surface area contributed by atoms with Gasteiger partial charge in [0.25, 0.3) is 5.91 Å². The van der Waals surface area contributed by atoms with Crippen molar-refractivity contribution >= 4 is 44.1 Å². The summed E-state index contributed by atoms with van der Waals surface area (Å²) in [6, 6.07) is 6.97. The van der Waals surface area contributed by atoms with E-state index in [1.807, 2.05) is 19.1 Å². The van der Waals surface area contributed by atoms with Crippen molar-refractivity contribution in [1.29, 1.82) is 0 Å². The molecule has 0 radical (unpaired) electrons. The Balaban J connectivity index is 1.96. The van der Waals surface area contributed by atoms with Crippen LogP contribution in [-0.4, -0.2) is 23.6 Å². The smallest absolute Gasteiger partial charge is 0.338 e. The fraction of sp³-hybridized carbons (Fsp3) is 0.143. The number of thiophene rings is 1. The number of benzene rings is 1. The molecule has 2 aromatic rings. The highest BCUT2D eigenvalue weighted by molar-refractivity contribution is 9.10. The first-order chi connectivity index (χ1) is 9.97. The van der Waals surface area contributed by atoms with Gasteiger partial charge < -0.3 is 15.2 Å². The Hall–Kier alpha value is -1.86. The number of ether oxygens (including phenoxy) is 1. The average molecular weight is 370 g/mol. The molecule has 0 unspecified atom stereocenters. The molecule has 7 heteroatoms. The van der Waals surface area contributed by atoms with Crippen molar-refractivity contribution < 1.29 is 19.4 Å². The minimum Gasteiger partial charge on any atom is -0.483 e. The summed E-state index contributed by atoms with van der Waals surface area (Å²) in [5.74, 6) is -0.929. The van der Waals surface area contributed by atoms with Gasteiger partial charge >= 0.3 is 5.97 Å². The lowest BCUT2D eigenvalue weighted by Gasteiger charge is -2.09. The van der Waals surface area contributed by atoms with Gasteiger partial charge in [-0.1, -0.05) is 6.07 Å². The van der Waals surface area contributed by atoms with Gasteiger partial charge in [-0.3, -0.25) is 4.79 Å². The monoisotopic (exact) mass is 369 g/mol. The van der Waals surface area contributed by atoms with Crippen molar-refractivity contribution in [3.05, 3.63) is 45.2 Å². The van der Waals surface area contributed by atoms with Gasteiger partial charge in [0.15, 0.2) is 6.61 Å². The predicted molar refractivity (Wildman–Crippen MR) is 84.3 cm³/mol. The number of aromatic carboxylic acids is 1. The molecule has 0 saturated heterocycles. The molecule has 2 N–H and O–H groups in total. The lowest BCUT2D eigenvalue weighted by molar-refractivity contribution is -0.118. The van der Waals surface area contributed by atoms with Crippen molar-refractivity contribution in [2.75, 3.05) is 11.9 Å². The number of carbonyl (C=O) groups excluding carboxylic acids is 1. The van der Waals surface area contributed by atoms with E-state index in [-0.39, 0.29) is 12.2 Å². The highest BCUT2D eigenvalue weighted by Gasteiger charge is 2.14. The molecule has 0 bridgehead atoms. The fourth-order valence-electron chi connectivity index (χ4n) is 1.60. The van der Waals surface area contributed by atoms with E-state index in [9.17, 15) is 9.59 Å². The van der Waals surface area contributed by atoms with Crippen molar-refractivity contribution in [3.63, 3.8) is 0 Å². The van der Waals surface area contributed by atoms with Gasteiger partial charge in [-0.2, -0.15) is 0 Å². The fourth-order valence-corrected chi connectivity index (χ4v) is 3.01. The van der Waals surface area contributed by atoms with E-state index in [0.29, 0.717) is 10.8 Å². The third-order valence-electron chi connectivity index (χ3n) is 2.59. The Morgan fingerprint density at radius 2 is 2.14 bits per heavy atom. The van der Waals surface area contributed by atoms with Crippen LogP contribution < -0.4 is 10.1 Å². The number of rotatable bonds is 5. The van der Waals surface area contributed by atoms with Gasteiger partial charge in [-0.15, -0.1) is 11.3 Å². The number of amides is 1. The van der Waals surface area contributed by atoms with Gasteiger partial charge in [-0.25, -0.2) is 4.79 Å². The second kappa shape index (κ2) is 6.73. The summed E-state index contributed by atoms with van der Waals surface area (Å²) in [5.41, 5.74) is 1.15. The van der Waals surface area contributed by atoms with E-state index >= 15 is 0 Å². The largest absolute Gasteiger partial charge is 0.483 e. The molecule has 2 rings (SSSR count). The summed E-state index contributed by atoms with van der Waals surface area (Å²) < 4.78 is 6.16. The van der Waals surface area contributed by atoms with Gasteiger partial charge in [-0.05, 0) is 52.0 Å². The van der Waals surface area contributed by atoms with Crippen LogP contribution in [0.1, 0.15) is 15.9 Å². The van der Waals surface area contributed by atoms with Crippen molar-refractivity contribution in [1.82, 2.24) is 0 Å². The summed E-state index contributed by atoms with van der Waals surface area (Å²) in [6.07, 6.45) is 0. The zero-order chi connectivity index (χ0) is 15.4. The molecule has 1 amide bonds. The Morgan fingerprint density at radius 1 is 1.38 bits per heavy atom. The lowest BCUT2D eigenvalue weighted by atomic mass is 10.2. The second-order valence-electron chi connectivity index (χ2n) is 4.24. The van der Waals surface area contributed by atoms with Crippen molar-refractivity contribution in [2.45, 2.75) is 6.92 Å². The number of halogens is 1. The maximum Gasteiger partial charge on any atom is 0.338 e. The quantitative estimate of drug-likeness (QED) is 0.844. The Labute approximate surface area is 133 Å². The molecule has 0 aliphatic heterocycles. The van der Waals surface area contributed by atoms with E-state index in [1.54, 1.807) is 11.4 Å². The van der Waals surface area contributed by atoms with Gasteiger partial charge in [0.05, 0.1) is 10.0 Å². The van der Waals surface area contributed by atoms with Crippen LogP contribution in [0.2, 0.25) is 0 Å². The zero-order valence-electron chi connectivity index (χ0n) is 11.1. The molecule has 0 saturated carbocycles. The highest BCUT2D eigenvalue weighted by atomic mass is 79.9. The molecule has 0 atom stereocenters. The van der Waals surface area contributed by atoms with E-state index in [4.69, 9.17) is 9.84 Å². The standard InChI is InChI=1S/C14H12BrNO4S/c1-8-2-3-11(10(15)6-8)20-7-12(17)16-13-9(14(18)19)4-5-21-13/h2-6H,7H2,1H3,(H,16,17)(H,18,19). The van der Waals surface area contributed by atoms with Gasteiger partial charge in [0, 0.05) is 0 Å². The molecule has 5 nitrogen and oxygen atoms in total. The van der Waals surface area contributed by atoms with Crippen molar-refractivity contribution in [2.24, 2.45) is 0 Å². The van der Waals surface area contributed by atoms with Crippen LogP contribution in [0.4, 0.5) is 5.00 Å². The summed E-state index contributed by atoms with van der Waals surface area (Å²) in [4.78, 5) is 22.7. The first-order valence-corrected chi connectivity index (χ1v) is 7.64. The molecule has 1 aromatic carbocycles. The maximum absolute atomic E-state index is 11.8. The minimum atomic E-state index is -1.08. The summed E-state index contributed by atoms with van der Waals surface area (Å²) in [5, 5.41) is 13.4. The highest BCUT2D eigenvalue weighted by Crippen LogP contribution is 2.26. The minimum absolute atomic E-state index is 0.0740. The molecule has 21 heavy (non-hydrogen) atoms. The molecule has 1 heterocycles. The molecular formula is C14H12BrNO4S. The number of anilines is 1. The van der Waals surface area contributed by atoms with Gasteiger partial charge in [0.2, 0.25) is 0 Å². The van der Waals surface area contributed by atoms with Crippen LogP contribution in [0.5, 0.6) is 5.75 Å². The van der Waals surface area contributed by atoms with E-state index in [2.05, 4.69) is 21.2 Å². The topological polar surface area (TPSA) is 75.6 Å². The summed E-state index contributed by atoms with van der Waals surface area (Å²) >= 11 is 4.51. The number of hydrogen-bond donors (Lipinski definition) is 2. The normalized spacial score (nSPS) is 10.2. The number of carbonyl (C=O) groups is 2. The maximum atomic E-state index is 11.8. The number of hydrogen-bond acceptors (Lipinski definition) is 4. The van der Waals surface area contributed by atoms with Crippen LogP contribution in [-0.2, 0) is 4.79 Å². The number of aryl methyl sites for hydroxylation is 1. The van der Waals surface area contributed by atoms with Crippen molar-refractivity contribution in [3.8, 4) is 5.75 Å². The van der Waals surface area contributed by atoms with E-state index in [0.717, 1.165) is 21.4 Å². The SMILES string of the molecule is Cc1ccc(OCC(=O)Nc2sccc2C(=O)O)c(Br)c1. The second-order valence-corrected chi connectivity index (χ2v) is 6.01. The average Bonchev–Trinajstić information content (AvgIpc) is 2.86. The van der Waals surface area contributed by atoms with E-state index < -0.39 is 11.9 Å². The summed E-state index contributed by atoms with van der Waals surface area (Å²) in [6.45, 7) is 1.75. The Morgan fingerprint density at radius 3 is 2.81 bits per heavy atom. The lowest BCUT2D eigenvalue weighted by Crippen LogP contribution is -2.20. The number of carboxylic acids is 1. The van der Waals surface area contributed by atoms with E-state index in [1.165, 1.54) is 6.07 Å². The van der Waals surface area contributed by atoms with Crippen LogP contribution in [0, 0.1) is 6.92 Å². The zero-order valence-corrected chi connectivity index (χ0v) is 13.5. The van der Waals surface area contributed by atoms with Crippen LogP contribution >= 0.6 is 27.3 Å². The van der Waals surface area contributed by atoms with Gasteiger partial charge in [0.1, 0.15) is 10.8 Å². The molecule has 0 aliphatic carbocycles. The van der Waals surface area contributed by atoms with Crippen LogP contribution in [0.3, 0.4) is 0 Å². The first-order valence-electron chi connectivity index (χ1n) is 5.97. The molecule has 0 aliphatic rings. The molecule has 1 aromatic heterocycles. The summed E-state index contributed by atoms with van der Waals surface area (Å²) in [7, 11) is 0. The van der Waals surface area contributed by atoms with Crippen LogP contribution in [0.25, 0.3) is 0 Å². The third-order valence-corrected chi connectivity index (χ3v) is 4.04. The third kappa shape index (κ3) is 4.05.